The number of carbonyl (C=O) groups is 2. The monoisotopic (exact) mass is 466 g/mol. The molecular formula is C23H22N4O3S2. The number of rotatable bonds is 7. The normalized spacial score (nSPS) is 11.1. The maximum absolute atomic E-state index is 13.1. The van der Waals surface area contributed by atoms with Crippen molar-refractivity contribution in [1.29, 1.82) is 0 Å². The molecular weight excluding hydrogens is 444 g/mol. The van der Waals surface area contributed by atoms with E-state index in [2.05, 4.69) is 15.6 Å². The Morgan fingerprint density at radius 3 is 2.69 bits per heavy atom. The molecule has 1 aromatic carbocycles. The Hall–Kier alpha value is -3.30. The van der Waals surface area contributed by atoms with Gasteiger partial charge < -0.3 is 10.6 Å². The van der Waals surface area contributed by atoms with Crippen LogP contribution in [-0.4, -0.2) is 27.9 Å². The topological polar surface area (TPSA) is 93.1 Å². The molecule has 0 radical (unpaired) electrons. The molecule has 0 aliphatic rings. The van der Waals surface area contributed by atoms with Gasteiger partial charge in [0.05, 0.1) is 23.0 Å². The number of carbonyl (C=O) groups excluding carboxylic acids is 2. The van der Waals surface area contributed by atoms with Crippen molar-refractivity contribution in [1.82, 2.24) is 14.9 Å². The van der Waals surface area contributed by atoms with Crippen molar-refractivity contribution < 1.29 is 9.59 Å². The lowest BCUT2D eigenvalue weighted by molar-refractivity contribution is -0.116. The van der Waals surface area contributed by atoms with Gasteiger partial charge in [0.25, 0.3) is 11.5 Å². The van der Waals surface area contributed by atoms with Crippen molar-refractivity contribution in [3.63, 3.8) is 0 Å². The van der Waals surface area contributed by atoms with Crippen LogP contribution in [0.3, 0.4) is 0 Å². The van der Waals surface area contributed by atoms with Crippen LogP contribution in [-0.2, 0) is 11.3 Å². The summed E-state index contributed by atoms with van der Waals surface area (Å²) in [6.07, 6.45) is 1.39. The van der Waals surface area contributed by atoms with Gasteiger partial charge in [-0.25, -0.2) is 4.98 Å². The van der Waals surface area contributed by atoms with Gasteiger partial charge >= 0.3 is 0 Å². The van der Waals surface area contributed by atoms with E-state index < -0.39 is 5.91 Å². The minimum Gasteiger partial charge on any atom is -0.352 e. The second kappa shape index (κ2) is 9.46. The minimum absolute atomic E-state index is 0.205. The molecule has 0 unspecified atom stereocenters. The number of thiophene rings is 2. The van der Waals surface area contributed by atoms with Gasteiger partial charge in [-0.2, -0.15) is 0 Å². The van der Waals surface area contributed by atoms with Gasteiger partial charge in [-0.15, -0.1) is 22.7 Å². The van der Waals surface area contributed by atoms with E-state index in [1.807, 2.05) is 36.7 Å². The number of para-hydroxylation sites is 1. The quantitative estimate of drug-likeness (QED) is 0.427. The molecule has 7 nitrogen and oxygen atoms in total. The average Bonchev–Trinajstić information content (AvgIpc) is 3.44. The second-order valence-corrected chi connectivity index (χ2v) is 9.49. The first-order chi connectivity index (χ1) is 15.4. The molecule has 0 saturated heterocycles. The molecule has 32 heavy (non-hydrogen) atoms. The van der Waals surface area contributed by atoms with Crippen LogP contribution in [0.4, 0.5) is 5.69 Å². The second-order valence-electron chi connectivity index (χ2n) is 7.68. The van der Waals surface area contributed by atoms with Gasteiger partial charge in [-0.1, -0.05) is 32.0 Å². The Bertz CT molecular complexity index is 1320. The standard InChI is InChI=1S/C23H22N4O3S2/c1-14(2)10-24-21(29)15-6-3-4-7-17(15)26-19(28)11-27-13-25-22-20(23(27)30)16(12-32-22)18-8-5-9-31-18/h3-9,12-14H,10-11H2,1-2H3,(H,24,29)(H,26,28). The molecule has 4 rings (SSSR count). The zero-order valence-electron chi connectivity index (χ0n) is 17.6. The highest BCUT2D eigenvalue weighted by Gasteiger charge is 2.17. The first kappa shape index (κ1) is 21.9. The first-order valence-corrected chi connectivity index (χ1v) is 11.9. The largest absolute Gasteiger partial charge is 0.352 e. The molecule has 3 heterocycles. The third-order valence-electron chi connectivity index (χ3n) is 4.78. The Labute approximate surface area is 192 Å². The number of anilines is 1. The van der Waals surface area contributed by atoms with E-state index in [4.69, 9.17) is 0 Å². The fourth-order valence-electron chi connectivity index (χ4n) is 3.22. The lowest BCUT2D eigenvalue weighted by atomic mass is 10.1. The average molecular weight is 467 g/mol. The van der Waals surface area contributed by atoms with Gasteiger partial charge in [-0.05, 0) is 29.5 Å². The highest BCUT2D eigenvalue weighted by atomic mass is 32.1. The number of hydrogen-bond donors (Lipinski definition) is 2. The number of fused-ring (bicyclic) bond motifs is 1. The lowest BCUT2D eigenvalue weighted by Gasteiger charge is -2.13. The maximum Gasteiger partial charge on any atom is 0.263 e. The molecule has 4 aromatic rings. The number of nitrogens with zero attached hydrogens (tertiary/aromatic N) is 2. The van der Waals surface area contributed by atoms with Crippen LogP contribution in [0.2, 0.25) is 0 Å². The number of hydrogen-bond acceptors (Lipinski definition) is 6. The fourth-order valence-corrected chi connectivity index (χ4v) is 4.94. The summed E-state index contributed by atoms with van der Waals surface area (Å²) in [4.78, 5) is 44.3. The third kappa shape index (κ3) is 4.63. The Morgan fingerprint density at radius 1 is 1.12 bits per heavy atom. The Kier molecular flexibility index (Phi) is 6.48. The molecule has 164 valence electrons. The first-order valence-electron chi connectivity index (χ1n) is 10.1. The van der Waals surface area contributed by atoms with Crippen LogP contribution < -0.4 is 16.2 Å². The van der Waals surface area contributed by atoms with Gasteiger partial charge in [0.15, 0.2) is 0 Å². The number of benzene rings is 1. The van der Waals surface area contributed by atoms with Crippen molar-refractivity contribution in [2.24, 2.45) is 5.92 Å². The molecule has 0 aliphatic heterocycles. The number of nitrogens with one attached hydrogen (secondary N) is 2. The Morgan fingerprint density at radius 2 is 1.94 bits per heavy atom. The van der Waals surface area contributed by atoms with Crippen molar-refractivity contribution in [3.05, 3.63) is 69.4 Å². The Balaban J connectivity index is 1.56. The lowest BCUT2D eigenvalue weighted by Crippen LogP contribution is -2.30. The van der Waals surface area contributed by atoms with Crippen molar-refractivity contribution in [3.8, 4) is 10.4 Å². The van der Waals surface area contributed by atoms with Crippen LogP contribution in [0.1, 0.15) is 24.2 Å². The zero-order valence-corrected chi connectivity index (χ0v) is 19.3. The van der Waals surface area contributed by atoms with E-state index in [0.717, 1.165) is 10.4 Å². The van der Waals surface area contributed by atoms with E-state index in [9.17, 15) is 14.4 Å². The van der Waals surface area contributed by atoms with E-state index in [1.54, 1.807) is 35.6 Å². The van der Waals surface area contributed by atoms with Gasteiger partial charge in [0, 0.05) is 22.4 Å². The third-order valence-corrected chi connectivity index (χ3v) is 6.57. The smallest absolute Gasteiger partial charge is 0.263 e. The number of amides is 2. The zero-order chi connectivity index (χ0) is 22.7. The van der Waals surface area contributed by atoms with Crippen LogP contribution in [0.5, 0.6) is 0 Å². The van der Waals surface area contributed by atoms with E-state index in [-0.39, 0.29) is 18.0 Å². The molecule has 0 spiro atoms. The van der Waals surface area contributed by atoms with Crippen molar-refractivity contribution in [2.45, 2.75) is 20.4 Å². The van der Waals surface area contributed by atoms with Crippen molar-refractivity contribution >= 4 is 50.4 Å². The molecule has 2 amide bonds. The number of aromatic nitrogens is 2. The molecule has 9 heteroatoms. The summed E-state index contributed by atoms with van der Waals surface area (Å²) >= 11 is 2.95. The fraction of sp³-hybridized carbons (Fsp3) is 0.217. The summed E-state index contributed by atoms with van der Waals surface area (Å²) < 4.78 is 1.29. The summed E-state index contributed by atoms with van der Waals surface area (Å²) in [5, 5.41) is 10.00. The molecule has 0 atom stereocenters. The van der Waals surface area contributed by atoms with Gasteiger partial charge in [0.2, 0.25) is 5.91 Å². The predicted molar refractivity (Wildman–Crippen MR) is 129 cm³/mol. The minimum atomic E-state index is -0.412. The van der Waals surface area contributed by atoms with Crippen LogP contribution in [0.25, 0.3) is 20.7 Å². The molecule has 2 N–H and O–H groups in total. The van der Waals surface area contributed by atoms with Crippen LogP contribution in [0.15, 0.2) is 58.3 Å². The maximum atomic E-state index is 13.1. The SMILES string of the molecule is CC(C)CNC(=O)c1ccccc1NC(=O)Cn1cnc2scc(-c3cccs3)c2c1=O. The molecule has 0 aliphatic carbocycles. The summed E-state index contributed by atoms with van der Waals surface area (Å²) in [7, 11) is 0. The highest BCUT2D eigenvalue weighted by Crippen LogP contribution is 2.33. The summed E-state index contributed by atoms with van der Waals surface area (Å²) in [6.45, 7) is 4.35. The highest BCUT2D eigenvalue weighted by molar-refractivity contribution is 7.18. The van der Waals surface area contributed by atoms with Crippen molar-refractivity contribution in [2.75, 3.05) is 11.9 Å². The molecule has 0 bridgehead atoms. The van der Waals surface area contributed by atoms with Gasteiger partial charge in [-0.3, -0.25) is 19.0 Å². The molecule has 0 saturated carbocycles. The van der Waals surface area contributed by atoms with E-state index in [1.165, 1.54) is 22.2 Å². The molecule has 0 fully saturated rings. The predicted octanol–water partition coefficient (Wildman–Crippen LogP) is 4.21. The van der Waals surface area contributed by atoms with E-state index in [0.29, 0.717) is 33.9 Å². The van der Waals surface area contributed by atoms with Gasteiger partial charge in [0.1, 0.15) is 11.4 Å². The van der Waals surface area contributed by atoms with Crippen LogP contribution in [0, 0.1) is 5.92 Å². The summed E-state index contributed by atoms with van der Waals surface area (Å²) in [5.41, 5.74) is 1.34. The summed E-state index contributed by atoms with van der Waals surface area (Å²) in [6, 6.07) is 10.7. The molecule has 3 aromatic heterocycles. The van der Waals surface area contributed by atoms with Crippen LogP contribution >= 0.6 is 22.7 Å². The van der Waals surface area contributed by atoms with E-state index >= 15 is 0 Å². The summed E-state index contributed by atoms with van der Waals surface area (Å²) in [5.74, 6) is -0.356.